The topological polar surface area (TPSA) is 137 Å². The minimum atomic E-state index is -0.634. The maximum Gasteiger partial charge on any atom is 0.246 e. The number of nitrogens with zero attached hydrogens (tertiary/aromatic N) is 1. The van der Waals surface area contributed by atoms with Crippen molar-refractivity contribution in [3.63, 3.8) is 0 Å². The molecule has 1 aromatic rings. The lowest BCUT2D eigenvalue weighted by Crippen LogP contribution is -2.57. The fourth-order valence-electron chi connectivity index (χ4n) is 5.34. The smallest absolute Gasteiger partial charge is 0.246 e. The fourth-order valence-corrected chi connectivity index (χ4v) is 5.34. The first-order valence-corrected chi connectivity index (χ1v) is 13.3. The molecule has 37 heavy (non-hydrogen) atoms. The van der Waals surface area contributed by atoms with Crippen molar-refractivity contribution in [3.8, 4) is 0 Å². The number of nitrogens with one attached hydrogen (secondary N) is 4. The summed E-state index contributed by atoms with van der Waals surface area (Å²) in [4.78, 5) is 64.3. The summed E-state index contributed by atoms with van der Waals surface area (Å²) in [6.07, 6.45) is 5.16. The third kappa shape index (κ3) is 6.36. The summed E-state index contributed by atoms with van der Waals surface area (Å²) in [5.74, 6) is -0.957. The average Bonchev–Trinajstić information content (AvgIpc) is 3.28. The molecule has 0 aromatic heterocycles. The van der Waals surface area contributed by atoms with Gasteiger partial charge < -0.3 is 26.2 Å². The molecule has 4 N–H and O–H groups in total. The predicted octanol–water partition coefficient (Wildman–Crippen LogP) is 1.25. The quantitative estimate of drug-likeness (QED) is 0.415. The number of fused-ring (bicyclic) bond motifs is 1. The Labute approximate surface area is 217 Å². The lowest BCUT2D eigenvalue weighted by Gasteiger charge is -2.35. The molecular weight excluding hydrogens is 474 g/mol. The van der Waals surface area contributed by atoms with Crippen molar-refractivity contribution in [1.82, 2.24) is 20.9 Å². The van der Waals surface area contributed by atoms with Crippen molar-refractivity contribution in [2.45, 2.75) is 89.0 Å². The van der Waals surface area contributed by atoms with Crippen LogP contribution in [0.3, 0.4) is 0 Å². The molecule has 2 aliphatic heterocycles. The molecule has 0 radical (unpaired) electrons. The molecule has 3 fully saturated rings. The molecule has 2 heterocycles. The van der Waals surface area contributed by atoms with Crippen molar-refractivity contribution in [2.75, 3.05) is 12.4 Å². The van der Waals surface area contributed by atoms with Crippen LogP contribution in [0, 0.1) is 5.92 Å². The molecule has 10 heteroatoms. The van der Waals surface area contributed by atoms with Gasteiger partial charge in [0.2, 0.25) is 23.6 Å². The summed E-state index contributed by atoms with van der Waals surface area (Å²) in [7, 11) is 1.70. The van der Waals surface area contributed by atoms with Crippen LogP contribution in [-0.4, -0.2) is 65.5 Å². The van der Waals surface area contributed by atoms with E-state index in [1.807, 2.05) is 6.07 Å². The Balaban J connectivity index is 1.37. The third-order valence-corrected chi connectivity index (χ3v) is 7.76. The van der Waals surface area contributed by atoms with Crippen LogP contribution in [0.1, 0.15) is 63.9 Å². The number of carbonyl (C=O) groups excluding carboxylic acids is 5. The second-order valence-corrected chi connectivity index (χ2v) is 10.4. The molecule has 0 bridgehead atoms. The van der Waals surface area contributed by atoms with Gasteiger partial charge in [0.15, 0.2) is 0 Å². The van der Waals surface area contributed by atoms with E-state index in [9.17, 15) is 24.0 Å². The van der Waals surface area contributed by atoms with Gasteiger partial charge in [0.25, 0.3) is 0 Å². The van der Waals surface area contributed by atoms with Crippen LogP contribution >= 0.6 is 0 Å². The van der Waals surface area contributed by atoms with Gasteiger partial charge in [0.1, 0.15) is 17.9 Å². The Morgan fingerprint density at radius 1 is 1.03 bits per heavy atom. The Morgan fingerprint density at radius 3 is 2.51 bits per heavy atom. The molecule has 0 unspecified atom stereocenters. The monoisotopic (exact) mass is 511 g/mol. The molecule has 3 aliphatic rings. The highest BCUT2D eigenvalue weighted by atomic mass is 16.2. The van der Waals surface area contributed by atoms with Gasteiger partial charge >= 0.3 is 0 Å². The number of ketones is 1. The first kappa shape index (κ1) is 26.8. The molecule has 0 spiro atoms. The first-order valence-electron chi connectivity index (χ1n) is 13.3. The second-order valence-electron chi connectivity index (χ2n) is 10.4. The zero-order valence-electron chi connectivity index (χ0n) is 21.5. The van der Waals surface area contributed by atoms with E-state index >= 15 is 0 Å². The summed E-state index contributed by atoms with van der Waals surface area (Å²) in [6, 6.07) is 5.61. The fraction of sp³-hybridized carbons (Fsp3) is 0.593. The zero-order chi connectivity index (χ0) is 26.5. The van der Waals surface area contributed by atoms with Crippen LogP contribution in [0.15, 0.2) is 24.3 Å². The molecule has 2 saturated heterocycles. The third-order valence-electron chi connectivity index (χ3n) is 7.76. The van der Waals surface area contributed by atoms with Gasteiger partial charge in [0, 0.05) is 31.1 Å². The van der Waals surface area contributed by atoms with Crippen molar-refractivity contribution < 1.29 is 24.0 Å². The summed E-state index contributed by atoms with van der Waals surface area (Å²) in [6.45, 7) is 2.00. The maximum atomic E-state index is 13.5. The van der Waals surface area contributed by atoms with E-state index in [0.717, 1.165) is 31.2 Å². The summed E-state index contributed by atoms with van der Waals surface area (Å²) in [5.41, 5.74) is 1.43. The van der Waals surface area contributed by atoms with Crippen molar-refractivity contribution >= 4 is 35.1 Å². The van der Waals surface area contributed by atoms with E-state index in [-0.39, 0.29) is 60.8 Å². The molecule has 1 aromatic carbocycles. The molecule has 1 saturated carbocycles. The number of hydrogen-bond acceptors (Lipinski definition) is 6. The molecule has 4 rings (SSSR count). The van der Waals surface area contributed by atoms with E-state index in [2.05, 4.69) is 21.3 Å². The Kier molecular flexibility index (Phi) is 8.58. The van der Waals surface area contributed by atoms with Crippen LogP contribution < -0.4 is 21.3 Å². The average molecular weight is 512 g/mol. The number of carbonyl (C=O) groups is 5. The number of hydrogen-bond donors (Lipinski definition) is 4. The number of Topliss-reactive ketones (excluding diaryl/α,β-unsaturated/α-hetero) is 1. The van der Waals surface area contributed by atoms with Gasteiger partial charge in [-0.25, -0.2) is 0 Å². The summed E-state index contributed by atoms with van der Waals surface area (Å²) in [5, 5.41) is 11.6. The Bertz CT molecular complexity index is 1050. The first-order chi connectivity index (χ1) is 17.8. The Morgan fingerprint density at radius 2 is 1.78 bits per heavy atom. The van der Waals surface area contributed by atoms with Crippen LogP contribution in [-0.2, 0) is 30.5 Å². The van der Waals surface area contributed by atoms with Gasteiger partial charge in [-0.2, -0.15) is 0 Å². The molecule has 10 nitrogen and oxygen atoms in total. The lowest BCUT2D eigenvalue weighted by molar-refractivity contribution is -0.144. The van der Waals surface area contributed by atoms with Gasteiger partial charge in [-0.05, 0) is 57.4 Å². The van der Waals surface area contributed by atoms with E-state index in [4.69, 9.17) is 0 Å². The number of likely N-dealkylation sites (N-methyl/N-ethyl adjacent to an activating group) is 1. The summed E-state index contributed by atoms with van der Waals surface area (Å²) >= 11 is 0. The maximum absolute atomic E-state index is 13.5. The van der Waals surface area contributed by atoms with Gasteiger partial charge in [0.05, 0.1) is 12.0 Å². The molecule has 1 aliphatic carbocycles. The lowest BCUT2D eigenvalue weighted by atomic mass is 9.83. The van der Waals surface area contributed by atoms with Crippen LogP contribution in [0.25, 0.3) is 0 Å². The van der Waals surface area contributed by atoms with Gasteiger partial charge in [-0.3, -0.25) is 24.0 Å². The van der Waals surface area contributed by atoms with E-state index in [1.165, 1.54) is 0 Å². The number of anilines is 1. The largest absolute Gasteiger partial charge is 0.350 e. The standard InChI is InChI=1S/C27H37N5O5/c1-16(28-2)24(34)31-22-9-4-3-8-20-10-11-23(32(20)27(22)37)26(36)29-15-17-6-5-7-19(12-17)30-25(35)18-13-21(33)14-18/h5-7,12,16,18,20,22-23,28H,3-4,8-11,13-15H2,1-2H3,(H,29,36)(H,30,35)(H,31,34)/t16-,20-,22-,23-/m0/s1. The predicted molar refractivity (Wildman–Crippen MR) is 137 cm³/mol. The van der Waals surface area contributed by atoms with Crippen molar-refractivity contribution in [3.05, 3.63) is 29.8 Å². The summed E-state index contributed by atoms with van der Waals surface area (Å²) < 4.78 is 0. The Hall–Kier alpha value is -3.27. The highest BCUT2D eigenvalue weighted by molar-refractivity contribution is 6.02. The van der Waals surface area contributed by atoms with E-state index in [1.54, 1.807) is 37.1 Å². The van der Waals surface area contributed by atoms with Crippen LogP contribution in [0.2, 0.25) is 0 Å². The number of amides is 4. The second kappa shape index (κ2) is 11.9. The molecule has 4 atom stereocenters. The number of rotatable bonds is 8. The normalized spacial score (nSPS) is 24.8. The highest BCUT2D eigenvalue weighted by Crippen LogP contribution is 2.31. The van der Waals surface area contributed by atoms with Gasteiger partial charge in [-0.15, -0.1) is 0 Å². The van der Waals surface area contributed by atoms with E-state index < -0.39 is 18.1 Å². The molecular formula is C27H37N5O5. The molecule has 200 valence electrons. The SMILES string of the molecule is CN[C@@H](C)C(=O)N[C@H]1CCCC[C@H]2CC[C@@H](C(=O)NCc3cccc(NC(=O)C4CC(=O)C4)c3)N2C1=O. The molecule has 4 amide bonds. The van der Waals surface area contributed by atoms with Gasteiger partial charge in [-0.1, -0.05) is 25.0 Å². The number of benzene rings is 1. The minimum absolute atomic E-state index is 0.00148. The van der Waals surface area contributed by atoms with Crippen LogP contribution in [0.5, 0.6) is 0 Å². The zero-order valence-corrected chi connectivity index (χ0v) is 21.5. The minimum Gasteiger partial charge on any atom is -0.350 e. The van der Waals surface area contributed by atoms with E-state index in [0.29, 0.717) is 18.5 Å². The van der Waals surface area contributed by atoms with Crippen LogP contribution in [0.4, 0.5) is 5.69 Å². The van der Waals surface area contributed by atoms with Crippen molar-refractivity contribution in [1.29, 1.82) is 0 Å². The van der Waals surface area contributed by atoms with Crippen molar-refractivity contribution in [2.24, 2.45) is 5.92 Å². The highest BCUT2D eigenvalue weighted by Gasteiger charge is 2.44.